The van der Waals surface area contributed by atoms with Gasteiger partial charge >= 0.3 is 0 Å². The Morgan fingerprint density at radius 3 is 2.61 bits per heavy atom. The Kier molecular flexibility index (Phi) is 4.52. The van der Waals surface area contributed by atoms with Crippen LogP contribution >= 0.6 is 0 Å². The number of benzene rings is 2. The molecule has 3 aromatic rings. The van der Waals surface area contributed by atoms with Gasteiger partial charge in [0, 0.05) is 23.7 Å². The highest BCUT2D eigenvalue weighted by atomic mass is 16.5. The van der Waals surface area contributed by atoms with Crippen molar-refractivity contribution in [3.05, 3.63) is 60.7 Å². The van der Waals surface area contributed by atoms with Crippen molar-refractivity contribution in [3.63, 3.8) is 0 Å². The lowest BCUT2D eigenvalue weighted by Crippen LogP contribution is -2.22. The zero-order chi connectivity index (χ0) is 16.1. The first kappa shape index (κ1) is 15.0. The third-order valence-electron chi connectivity index (χ3n) is 3.81. The molecule has 0 aliphatic rings. The van der Waals surface area contributed by atoms with Gasteiger partial charge in [0.2, 0.25) is 0 Å². The number of hydrogen-bond donors (Lipinski definition) is 0. The monoisotopic (exact) mass is 306 g/mol. The van der Waals surface area contributed by atoms with Crippen LogP contribution in [0.2, 0.25) is 0 Å². The highest BCUT2D eigenvalue weighted by Gasteiger charge is 2.04. The highest BCUT2D eigenvalue weighted by Crippen LogP contribution is 2.23. The average Bonchev–Trinajstić information content (AvgIpc) is 2.61. The second kappa shape index (κ2) is 6.92. The summed E-state index contributed by atoms with van der Waals surface area (Å²) in [5.41, 5.74) is 4.11. The van der Waals surface area contributed by atoms with E-state index in [-0.39, 0.29) is 0 Å². The molecule has 0 aliphatic heterocycles. The molecule has 4 heteroatoms. The lowest BCUT2D eigenvalue weighted by atomic mass is 10.1. The number of hydrogen-bond acceptors (Lipinski definition) is 4. The predicted molar refractivity (Wildman–Crippen MR) is 92.5 cm³/mol. The summed E-state index contributed by atoms with van der Waals surface area (Å²) in [5, 5.41) is 1.14. The smallest absolute Gasteiger partial charge is 0.293 e. The number of nitrogens with zero attached hydrogens (tertiary/aromatic N) is 2. The standard InChI is InChI=1S/C19H18N2O2/c1-21(12-13-23-14-22)17-9-6-16(7-10-17)19-11-8-15-4-2-3-5-18(15)20-19/h2-11,14H,12-13H2,1H3. The summed E-state index contributed by atoms with van der Waals surface area (Å²) in [6, 6.07) is 20.4. The van der Waals surface area contributed by atoms with Crippen LogP contribution in [0.15, 0.2) is 60.7 Å². The summed E-state index contributed by atoms with van der Waals surface area (Å²) in [4.78, 5) is 16.9. The number of carbonyl (C=O) groups is 1. The Labute approximate surface area is 135 Å². The molecule has 0 saturated carbocycles. The summed E-state index contributed by atoms with van der Waals surface area (Å²) in [6.07, 6.45) is 0. The second-order valence-electron chi connectivity index (χ2n) is 5.32. The minimum absolute atomic E-state index is 0.383. The Balaban J connectivity index is 1.79. The van der Waals surface area contributed by atoms with Crippen LogP contribution in [0, 0.1) is 0 Å². The molecule has 0 fully saturated rings. The number of rotatable bonds is 6. The summed E-state index contributed by atoms with van der Waals surface area (Å²) in [7, 11) is 1.97. The van der Waals surface area contributed by atoms with E-state index >= 15 is 0 Å². The maximum Gasteiger partial charge on any atom is 0.293 e. The van der Waals surface area contributed by atoms with Crippen molar-refractivity contribution in [1.29, 1.82) is 0 Å². The Bertz CT molecular complexity index is 800. The van der Waals surface area contributed by atoms with Crippen molar-refractivity contribution >= 4 is 23.1 Å². The van der Waals surface area contributed by atoms with Gasteiger partial charge in [0.1, 0.15) is 6.61 Å². The van der Waals surface area contributed by atoms with Crippen molar-refractivity contribution in [1.82, 2.24) is 4.98 Å². The van der Waals surface area contributed by atoms with Crippen molar-refractivity contribution in [2.75, 3.05) is 25.1 Å². The summed E-state index contributed by atoms with van der Waals surface area (Å²) >= 11 is 0. The number of pyridine rings is 1. The van der Waals surface area contributed by atoms with Crippen LogP contribution in [0.5, 0.6) is 0 Å². The van der Waals surface area contributed by atoms with Gasteiger partial charge in [-0.3, -0.25) is 4.79 Å². The molecule has 4 nitrogen and oxygen atoms in total. The quantitative estimate of drug-likeness (QED) is 0.516. The third-order valence-corrected chi connectivity index (χ3v) is 3.81. The lowest BCUT2D eigenvalue weighted by molar-refractivity contribution is -0.128. The fraction of sp³-hybridized carbons (Fsp3) is 0.158. The number of anilines is 1. The number of para-hydroxylation sites is 1. The van der Waals surface area contributed by atoms with E-state index in [9.17, 15) is 4.79 Å². The van der Waals surface area contributed by atoms with Gasteiger partial charge in [-0.15, -0.1) is 0 Å². The number of aromatic nitrogens is 1. The third kappa shape index (κ3) is 3.48. The molecular weight excluding hydrogens is 288 g/mol. The molecule has 0 amide bonds. The summed E-state index contributed by atoms with van der Waals surface area (Å²) < 4.78 is 4.73. The van der Waals surface area contributed by atoms with Crippen molar-refractivity contribution in [3.8, 4) is 11.3 Å². The van der Waals surface area contributed by atoms with Gasteiger partial charge in [0.05, 0.1) is 17.8 Å². The van der Waals surface area contributed by atoms with E-state index in [0.29, 0.717) is 19.6 Å². The molecule has 0 atom stereocenters. The Hall–Kier alpha value is -2.88. The molecule has 0 bridgehead atoms. The topological polar surface area (TPSA) is 42.4 Å². The average molecular weight is 306 g/mol. The van der Waals surface area contributed by atoms with Gasteiger partial charge in [0.25, 0.3) is 6.47 Å². The maximum absolute atomic E-state index is 10.2. The van der Waals surface area contributed by atoms with Gasteiger partial charge in [-0.1, -0.05) is 36.4 Å². The van der Waals surface area contributed by atoms with Crippen LogP contribution in [0.25, 0.3) is 22.2 Å². The van der Waals surface area contributed by atoms with E-state index in [4.69, 9.17) is 9.72 Å². The molecule has 1 heterocycles. The number of likely N-dealkylation sites (N-methyl/N-ethyl adjacent to an activating group) is 1. The number of carbonyl (C=O) groups excluding carboxylic acids is 1. The zero-order valence-corrected chi connectivity index (χ0v) is 13.0. The van der Waals surface area contributed by atoms with Crippen molar-refractivity contribution < 1.29 is 9.53 Å². The minimum atomic E-state index is 0.383. The molecule has 116 valence electrons. The maximum atomic E-state index is 10.2. The molecule has 0 radical (unpaired) electrons. The minimum Gasteiger partial charge on any atom is -0.466 e. The van der Waals surface area contributed by atoms with E-state index in [0.717, 1.165) is 27.8 Å². The zero-order valence-electron chi connectivity index (χ0n) is 13.0. The Morgan fingerprint density at radius 1 is 1.04 bits per heavy atom. The first-order valence-electron chi connectivity index (χ1n) is 7.50. The lowest BCUT2D eigenvalue weighted by Gasteiger charge is -2.18. The largest absolute Gasteiger partial charge is 0.466 e. The fourth-order valence-electron chi connectivity index (χ4n) is 2.48. The molecule has 0 saturated heterocycles. The molecule has 2 aromatic carbocycles. The van der Waals surface area contributed by atoms with Crippen LogP contribution in [0.1, 0.15) is 0 Å². The molecule has 3 rings (SSSR count). The highest BCUT2D eigenvalue weighted by molar-refractivity contribution is 5.81. The van der Waals surface area contributed by atoms with Crippen LogP contribution in [-0.4, -0.2) is 31.7 Å². The van der Waals surface area contributed by atoms with Gasteiger partial charge in [-0.2, -0.15) is 0 Å². The molecule has 0 N–H and O–H groups in total. The molecule has 23 heavy (non-hydrogen) atoms. The van der Waals surface area contributed by atoms with Crippen molar-refractivity contribution in [2.24, 2.45) is 0 Å². The van der Waals surface area contributed by atoms with E-state index in [1.165, 1.54) is 0 Å². The van der Waals surface area contributed by atoms with E-state index in [1.807, 2.05) is 48.3 Å². The summed E-state index contributed by atoms with van der Waals surface area (Å²) in [6.45, 7) is 1.52. The van der Waals surface area contributed by atoms with Gasteiger partial charge in [-0.25, -0.2) is 4.98 Å². The van der Waals surface area contributed by atoms with Crippen LogP contribution in [0.3, 0.4) is 0 Å². The van der Waals surface area contributed by atoms with Gasteiger partial charge in [0.15, 0.2) is 0 Å². The Morgan fingerprint density at radius 2 is 1.83 bits per heavy atom. The fourth-order valence-corrected chi connectivity index (χ4v) is 2.48. The predicted octanol–water partition coefficient (Wildman–Crippen LogP) is 3.51. The van der Waals surface area contributed by atoms with E-state index in [1.54, 1.807) is 0 Å². The normalized spacial score (nSPS) is 10.5. The van der Waals surface area contributed by atoms with E-state index < -0.39 is 0 Å². The molecular formula is C19H18N2O2. The molecule has 0 unspecified atom stereocenters. The van der Waals surface area contributed by atoms with Gasteiger partial charge < -0.3 is 9.64 Å². The van der Waals surface area contributed by atoms with Crippen LogP contribution < -0.4 is 4.90 Å². The second-order valence-corrected chi connectivity index (χ2v) is 5.32. The van der Waals surface area contributed by atoms with Gasteiger partial charge in [-0.05, 0) is 24.3 Å². The number of ether oxygens (including phenoxy) is 1. The first-order valence-corrected chi connectivity index (χ1v) is 7.50. The van der Waals surface area contributed by atoms with Crippen LogP contribution in [-0.2, 0) is 9.53 Å². The number of fused-ring (bicyclic) bond motifs is 1. The molecule has 0 spiro atoms. The van der Waals surface area contributed by atoms with Crippen LogP contribution in [0.4, 0.5) is 5.69 Å². The molecule has 1 aromatic heterocycles. The first-order chi connectivity index (χ1) is 11.3. The SMILES string of the molecule is CN(CCOC=O)c1ccc(-c2ccc3ccccc3n2)cc1. The van der Waals surface area contributed by atoms with E-state index in [2.05, 4.69) is 24.3 Å². The molecule has 0 aliphatic carbocycles. The summed E-state index contributed by atoms with van der Waals surface area (Å²) in [5.74, 6) is 0. The van der Waals surface area contributed by atoms with Crippen molar-refractivity contribution in [2.45, 2.75) is 0 Å².